The van der Waals surface area contributed by atoms with Crippen LogP contribution >= 0.6 is 11.6 Å². The summed E-state index contributed by atoms with van der Waals surface area (Å²) in [5, 5.41) is 13.5. The predicted octanol–water partition coefficient (Wildman–Crippen LogP) is 1.76. The molecule has 21 heavy (non-hydrogen) atoms. The first-order chi connectivity index (χ1) is 9.81. The van der Waals surface area contributed by atoms with Gasteiger partial charge in [-0.2, -0.15) is 0 Å². The fourth-order valence-corrected chi connectivity index (χ4v) is 2.16. The van der Waals surface area contributed by atoms with E-state index in [1.807, 2.05) is 0 Å². The van der Waals surface area contributed by atoms with Gasteiger partial charge in [-0.25, -0.2) is 0 Å². The molecule has 1 atom stereocenters. The lowest BCUT2D eigenvalue weighted by molar-refractivity contribution is -0.135. The minimum absolute atomic E-state index is 0.152. The Morgan fingerprint density at radius 2 is 2.14 bits per heavy atom. The van der Waals surface area contributed by atoms with Crippen LogP contribution in [0.4, 0.5) is 0 Å². The molecule has 1 aliphatic heterocycles. The minimum atomic E-state index is -1.05. The van der Waals surface area contributed by atoms with Crippen LogP contribution < -0.4 is 10.1 Å². The summed E-state index contributed by atoms with van der Waals surface area (Å²) in [6.45, 7) is 4.25. The number of rotatable bonds is 5. The number of hydrogen-bond acceptors (Lipinski definition) is 4. The molecule has 0 saturated carbocycles. The average Bonchev–Trinajstić information content (AvgIpc) is 2.86. The van der Waals surface area contributed by atoms with Gasteiger partial charge >= 0.3 is 0 Å². The molecular formula is C15H20ClNO4. The maximum absolute atomic E-state index is 12.2. The van der Waals surface area contributed by atoms with Crippen LogP contribution in [-0.2, 0) is 9.53 Å². The summed E-state index contributed by atoms with van der Waals surface area (Å²) in [6, 6.07) is 6.80. The van der Waals surface area contributed by atoms with Gasteiger partial charge in [-0.15, -0.1) is 0 Å². The quantitative estimate of drug-likeness (QED) is 0.869. The molecule has 1 aromatic carbocycles. The van der Waals surface area contributed by atoms with E-state index in [0.29, 0.717) is 23.8 Å². The fraction of sp³-hybridized carbons (Fsp3) is 0.533. The van der Waals surface area contributed by atoms with Crippen molar-refractivity contribution in [1.29, 1.82) is 0 Å². The van der Waals surface area contributed by atoms with Crippen molar-refractivity contribution in [2.24, 2.45) is 0 Å². The normalized spacial score (nSPS) is 22.1. The molecular weight excluding hydrogens is 294 g/mol. The van der Waals surface area contributed by atoms with E-state index in [-0.39, 0.29) is 19.1 Å². The summed E-state index contributed by atoms with van der Waals surface area (Å²) in [5.41, 5.74) is -2.03. The Hall–Kier alpha value is -1.30. The minimum Gasteiger partial charge on any atom is -0.478 e. The van der Waals surface area contributed by atoms with E-state index < -0.39 is 11.2 Å². The molecule has 0 spiro atoms. The highest BCUT2D eigenvalue weighted by molar-refractivity contribution is 6.30. The maximum Gasteiger partial charge on any atom is 0.263 e. The van der Waals surface area contributed by atoms with Gasteiger partial charge in [0.2, 0.25) is 0 Å². The molecule has 6 heteroatoms. The van der Waals surface area contributed by atoms with E-state index in [9.17, 15) is 9.90 Å². The third-order valence-electron chi connectivity index (χ3n) is 3.39. The average molecular weight is 314 g/mol. The molecule has 0 radical (unpaired) electrons. The van der Waals surface area contributed by atoms with Gasteiger partial charge in [0.15, 0.2) is 5.60 Å². The monoisotopic (exact) mass is 313 g/mol. The molecule has 2 rings (SSSR count). The Bertz CT molecular complexity index is 495. The number of benzene rings is 1. The summed E-state index contributed by atoms with van der Waals surface area (Å²) < 4.78 is 10.8. The first-order valence-electron chi connectivity index (χ1n) is 6.84. The van der Waals surface area contributed by atoms with E-state index in [1.54, 1.807) is 38.1 Å². The Morgan fingerprint density at radius 1 is 1.48 bits per heavy atom. The summed E-state index contributed by atoms with van der Waals surface area (Å²) in [7, 11) is 0. The number of hydrogen-bond donors (Lipinski definition) is 2. The fourth-order valence-electron chi connectivity index (χ4n) is 2.04. The second kappa shape index (κ2) is 6.22. The Kier molecular flexibility index (Phi) is 4.76. The smallest absolute Gasteiger partial charge is 0.263 e. The van der Waals surface area contributed by atoms with E-state index in [1.165, 1.54) is 0 Å². The lowest BCUT2D eigenvalue weighted by atomic mass is 10.0. The predicted molar refractivity (Wildman–Crippen MR) is 79.6 cm³/mol. The van der Waals surface area contributed by atoms with Gasteiger partial charge in [-0.1, -0.05) is 11.6 Å². The molecule has 0 aromatic heterocycles. The Balaban J connectivity index is 1.91. The number of nitrogens with one attached hydrogen (secondary N) is 1. The highest BCUT2D eigenvalue weighted by Crippen LogP contribution is 2.22. The van der Waals surface area contributed by atoms with Crippen molar-refractivity contribution >= 4 is 17.5 Å². The highest BCUT2D eigenvalue weighted by atomic mass is 35.5. The molecule has 2 N–H and O–H groups in total. The van der Waals surface area contributed by atoms with E-state index >= 15 is 0 Å². The second-order valence-corrected chi connectivity index (χ2v) is 6.21. The number of carbonyl (C=O) groups excluding carboxylic acids is 1. The van der Waals surface area contributed by atoms with E-state index in [0.717, 1.165) is 0 Å². The number of ether oxygens (including phenoxy) is 2. The third-order valence-corrected chi connectivity index (χ3v) is 3.65. The van der Waals surface area contributed by atoms with Crippen LogP contribution in [0.25, 0.3) is 0 Å². The van der Waals surface area contributed by atoms with Crippen LogP contribution in [0.15, 0.2) is 24.3 Å². The zero-order chi connectivity index (χ0) is 15.5. The van der Waals surface area contributed by atoms with Gasteiger partial charge in [-0.05, 0) is 38.1 Å². The summed E-state index contributed by atoms with van der Waals surface area (Å²) in [6.07, 6.45) is 0.520. The van der Waals surface area contributed by atoms with Crippen molar-refractivity contribution in [2.75, 3.05) is 19.8 Å². The highest BCUT2D eigenvalue weighted by Gasteiger charge is 2.36. The van der Waals surface area contributed by atoms with Gasteiger partial charge in [0.1, 0.15) is 11.4 Å². The number of carbonyl (C=O) groups is 1. The van der Waals surface area contributed by atoms with Crippen LogP contribution in [0.2, 0.25) is 5.02 Å². The molecule has 1 aromatic rings. The maximum atomic E-state index is 12.2. The Labute approximate surface area is 129 Å². The second-order valence-electron chi connectivity index (χ2n) is 5.78. The lowest BCUT2D eigenvalue weighted by Crippen LogP contribution is -2.51. The van der Waals surface area contributed by atoms with E-state index in [4.69, 9.17) is 21.1 Å². The SMILES string of the molecule is CC(C)(Oc1ccc(Cl)cc1)C(=O)NCC1(O)CCOC1. The molecule has 0 bridgehead atoms. The van der Waals surface area contributed by atoms with Gasteiger partial charge < -0.3 is 19.9 Å². The van der Waals surface area contributed by atoms with Crippen LogP contribution in [-0.4, -0.2) is 42.0 Å². The summed E-state index contributed by atoms with van der Waals surface area (Å²) >= 11 is 5.81. The van der Waals surface area contributed by atoms with Crippen LogP contribution in [0.5, 0.6) is 5.75 Å². The molecule has 1 fully saturated rings. The van der Waals surface area contributed by atoms with Crippen LogP contribution in [0.1, 0.15) is 20.3 Å². The summed E-state index contributed by atoms with van der Waals surface area (Å²) in [5.74, 6) is 0.264. The molecule has 5 nitrogen and oxygen atoms in total. The van der Waals surface area contributed by atoms with Gasteiger partial charge in [0.05, 0.1) is 6.61 Å². The lowest BCUT2D eigenvalue weighted by Gasteiger charge is -2.28. The Morgan fingerprint density at radius 3 is 2.71 bits per heavy atom. The van der Waals surface area contributed by atoms with Gasteiger partial charge in [-0.3, -0.25) is 4.79 Å². The van der Waals surface area contributed by atoms with Crippen LogP contribution in [0.3, 0.4) is 0 Å². The van der Waals surface area contributed by atoms with Gasteiger partial charge in [0, 0.05) is 24.6 Å². The molecule has 0 aliphatic carbocycles. The van der Waals surface area contributed by atoms with Crippen molar-refractivity contribution in [2.45, 2.75) is 31.5 Å². The van der Waals surface area contributed by atoms with Crippen molar-refractivity contribution < 1.29 is 19.4 Å². The summed E-state index contributed by atoms with van der Waals surface area (Å²) in [4.78, 5) is 12.2. The molecule has 1 saturated heterocycles. The van der Waals surface area contributed by atoms with Crippen molar-refractivity contribution in [3.8, 4) is 5.75 Å². The molecule has 1 heterocycles. The molecule has 1 unspecified atom stereocenters. The van der Waals surface area contributed by atoms with Crippen molar-refractivity contribution in [1.82, 2.24) is 5.32 Å². The third kappa shape index (κ3) is 4.33. The zero-order valence-corrected chi connectivity index (χ0v) is 12.9. The standard InChI is InChI=1S/C15H20ClNO4/c1-14(2,21-12-5-3-11(16)4-6-12)13(18)17-9-15(19)7-8-20-10-15/h3-6,19H,7-10H2,1-2H3,(H,17,18). The largest absolute Gasteiger partial charge is 0.478 e. The van der Waals surface area contributed by atoms with Crippen molar-refractivity contribution in [3.05, 3.63) is 29.3 Å². The topological polar surface area (TPSA) is 67.8 Å². The van der Waals surface area contributed by atoms with Crippen molar-refractivity contribution in [3.63, 3.8) is 0 Å². The number of aliphatic hydroxyl groups is 1. The van der Waals surface area contributed by atoms with E-state index in [2.05, 4.69) is 5.32 Å². The molecule has 1 aliphatic rings. The molecule has 116 valence electrons. The van der Waals surface area contributed by atoms with Gasteiger partial charge in [0.25, 0.3) is 5.91 Å². The first kappa shape index (κ1) is 16.1. The van der Waals surface area contributed by atoms with Crippen LogP contribution in [0, 0.1) is 0 Å². The first-order valence-corrected chi connectivity index (χ1v) is 7.22. The zero-order valence-electron chi connectivity index (χ0n) is 12.2. The molecule has 1 amide bonds. The number of halogens is 1. The number of amides is 1.